The lowest BCUT2D eigenvalue weighted by molar-refractivity contribution is -0.116. The summed E-state index contributed by atoms with van der Waals surface area (Å²) in [4.78, 5) is 11.9. The van der Waals surface area contributed by atoms with Crippen molar-refractivity contribution in [3.05, 3.63) is 60.7 Å². The number of ether oxygens (including phenoxy) is 1. The lowest BCUT2D eigenvalue weighted by Gasteiger charge is -2.14. The van der Waals surface area contributed by atoms with Crippen molar-refractivity contribution in [2.75, 3.05) is 17.1 Å². The summed E-state index contributed by atoms with van der Waals surface area (Å²) in [7, 11) is -2.38. The van der Waals surface area contributed by atoms with Crippen molar-refractivity contribution in [2.24, 2.45) is 0 Å². The van der Waals surface area contributed by atoms with E-state index in [0.717, 1.165) is 0 Å². The van der Waals surface area contributed by atoms with Crippen LogP contribution in [0.15, 0.2) is 60.0 Å². The zero-order valence-electron chi connectivity index (χ0n) is 14.8. The second-order valence-electron chi connectivity index (χ2n) is 5.66. The van der Waals surface area contributed by atoms with Gasteiger partial charge in [-0.1, -0.05) is 24.3 Å². The Labute approximate surface area is 153 Å². The molecule has 2 N–H and O–H groups in total. The molecule has 2 aromatic carbocycles. The number of rotatable bonds is 8. The molecule has 0 bridgehead atoms. The fraction of sp³-hybridized carbons (Fsp3) is 0.211. The maximum atomic E-state index is 12.8. The van der Waals surface area contributed by atoms with Crippen LogP contribution >= 0.6 is 0 Å². The van der Waals surface area contributed by atoms with Crippen LogP contribution in [0.1, 0.15) is 18.4 Å². The fourth-order valence-corrected chi connectivity index (χ4v) is 3.69. The number of anilines is 2. The molecule has 26 heavy (non-hydrogen) atoms. The molecule has 0 aliphatic heterocycles. The maximum absolute atomic E-state index is 12.8. The highest BCUT2D eigenvalue weighted by molar-refractivity contribution is 7.92. The number of allylic oxidation sites excluding steroid dienone is 1. The van der Waals surface area contributed by atoms with E-state index < -0.39 is 10.0 Å². The molecule has 0 aliphatic carbocycles. The molecule has 0 saturated heterocycles. The molecular formula is C19H22N2O4S. The topological polar surface area (TPSA) is 84.5 Å². The Balaban J connectivity index is 2.29. The van der Waals surface area contributed by atoms with E-state index in [1.807, 2.05) is 0 Å². The monoisotopic (exact) mass is 374 g/mol. The van der Waals surface area contributed by atoms with E-state index in [2.05, 4.69) is 16.6 Å². The largest absolute Gasteiger partial charge is 0.495 e. The Kier molecular flexibility index (Phi) is 6.41. The van der Waals surface area contributed by atoms with Gasteiger partial charge in [-0.25, -0.2) is 8.42 Å². The number of hydrogen-bond donors (Lipinski definition) is 2. The Morgan fingerprint density at radius 3 is 2.65 bits per heavy atom. The summed E-state index contributed by atoms with van der Waals surface area (Å²) in [6, 6.07) is 11.5. The molecule has 0 saturated carbocycles. The van der Waals surface area contributed by atoms with Gasteiger partial charge in [0.15, 0.2) is 0 Å². The molecule has 2 rings (SSSR count). The molecule has 0 unspecified atom stereocenters. The van der Waals surface area contributed by atoms with Crippen LogP contribution in [0.5, 0.6) is 5.75 Å². The van der Waals surface area contributed by atoms with E-state index in [-0.39, 0.29) is 10.8 Å². The van der Waals surface area contributed by atoms with Gasteiger partial charge in [-0.3, -0.25) is 9.52 Å². The van der Waals surface area contributed by atoms with Gasteiger partial charge in [0.25, 0.3) is 10.0 Å². The highest BCUT2D eigenvalue weighted by atomic mass is 32.2. The van der Waals surface area contributed by atoms with Crippen molar-refractivity contribution in [3.63, 3.8) is 0 Å². The van der Waals surface area contributed by atoms with Crippen LogP contribution in [0.4, 0.5) is 11.4 Å². The number of nitrogens with one attached hydrogen (secondary N) is 2. The molecule has 1 amide bonds. The minimum absolute atomic E-state index is 0.0879. The Morgan fingerprint density at radius 2 is 1.96 bits per heavy atom. The predicted molar refractivity (Wildman–Crippen MR) is 103 cm³/mol. The van der Waals surface area contributed by atoms with Gasteiger partial charge in [0, 0.05) is 12.1 Å². The van der Waals surface area contributed by atoms with Gasteiger partial charge in [0.1, 0.15) is 5.75 Å². The quantitative estimate of drug-likeness (QED) is 0.690. The zero-order valence-corrected chi connectivity index (χ0v) is 15.6. The van der Waals surface area contributed by atoms with Gasteiger partial charge in [-0.2, -0.15) is 0 Å². The summed E-state index contributed by atoms with van der Waals surface area (Å²) in [5.74, 6) is 0.220. The molecule has 6 nitrogen and oxygen atoms in total. The predicted octanol–water partition coefficient (Wildman–Crippen LogP) is 3.71. The fourth-order valence-electron chi connectivity index (χ4n) is 2.35. The van der Waals surface area contributed by atoms with Crippen molar-refractivity contribution in [1.29, 1.82) is 0 Å². The molecule has 0 fully saturated rings. The first kappa shape index (κ1) is 19.5. The van der Waals surface area contributed by atoms with Gasteiger partial charge in [-0.15, -0.1) is 6.58 Å². The molecule has 138 valence electrons. The molecule has 0 heterocycles. The first-order chi connectivity index (χ1) is 12.4. The van der Waals surface area contributed by atoms with Gasteiger partial charge in [0.2, 0.25) is 5.91 Å². The Bertz CT molecular complexity index is 908. The average Bonchev–Trinajstić information content (AvgIpc) is 2.61. The second kappa shape index (κ2) is 8.53. The molecule has 0 atom stereocenters. The number of hydrogen-bond acceptors (Lipinski definition) is 4. The smallest absolute Gasteiger partial charge is 0.262 e. The van der Waals surface area contributed by atoms with E-state index in [1.165, 1.54) is 13.2 Å². The second-order valence-corrected chi connectivity index (χ2v) is 7.31. The van der Waals surface area contributed by atoms with Crippen molar-refractivity contribution >= 4 is 27.3 Å². The van der Waals surface area contributed by atoms with Crippen LogP contribution in [0, 0.1) is 6.92 Å². The van der Waals surface area contributed by atoms with E-state index in [4.69, 9.17) is 4.74 Å². The first-order valence-electron chi connectivity index (χ1n) is 8.04. The van der Waals surface area contributed by atoms with Crippen LogP contribution < -0.4 is 14.8 Å². The number of carbonyl (C=O) groups is 1. The van der Waals surface area contributed by atoms with Gasteiger partial charge in [0.05, 0.1) is 17.7 Å². The Hall–Kier alpha value is -2.80. The summed E-state index contributed by atoms with van der Waals surface area (Å²) in [5, 5.41) is 2.70. The van der Waals surface area contributed by atoms with E-state index in [0.29, 0.717) is 35.5 Å². The lowest BCUT2D eigenvalue weighted by atomic mass is 10.2. The van der Waals surface area contributed by atoms with Crippen LogP contribution in [-0.4, -0.2) is 21.4 Å². The molecular weight excluding hydrogens is 352 g/mol. The molecule has 0 radical (unpaired) electrons. The van der Waals surface area contributed by atoms with Crippen LogP contribution in [0.25, 0.3) is 0 Å². The van der Waals surface area contributed by atoms with Crippen LogP contribution in [0.3, 0.4) is 0 Å². The normalized spacial score (nSPS) is 10.8. The van der Waals surface area contributed by atoms with Crippen molar-refractivity contribution in [3.8, 4) is 5.75 Å². The van der Waals surface area contributed by atoms with Crippen molar-refractivity contribution in [2.45, 2.75) is 24.7 Å². The minimum atomic E-state index is -3.85. The molecule has 7 heteroatoms. The number of benzene rings is 2. The van der Waals surface area contributed by atoms with Crippen LogP contribution in [-0.2, 0) is 14.8 Å². The summed E-state index contributed by atoms with van der Waals surface area (Å²) in [6.45, 7) is 5.27. The average molecular weight is 374 g/mol. The van der Waals surface area contributed by atoms with Gasteiger partial charge < -0.3 is 10.1 Å². The number of methoxy groups -OCH3 is 1. The first-order valence-corrected chi connectivity index (χ1v) is 9.53. The van der Waals surface area contributed by atoms with Crippen molar-refractivity contribution < 1.29 is 17.9 Å². The summed E-state index contributed by atoms with van der Waals surface area (Å²) >= 11 is 0. The summed E-state index contributed by atoms with van der Waals surface area (Å²) in [6.07, 6.45) is 2.50. The molecule has 0 aliphatic rings. The number of carbonyl (C=O) groups excluding carboxylic acids is 1. The number of aryl methyl sites for hydroxylation is 1. The SMILES string of the molecule is C=CCCC(=O)Nc1ccc(C)c(S(=O)(=O)Nc2ccccc2OC)c1. The minimum Gasteiger partial charge on any atom is -0.495 e. The highest BCUT2D eigenvalue weighted by Gasteiger charge is 2.19. The Morgan fingerprint density at radius 1 is 1.23 bits per heavy atom. The third-order valence-corrected chi connectivity index (χ3v) is 5.20. The maximum Gasteiger partial charge on any atom is 0.262 e. The lowest BCUT2D eigenvalue weighted by Crippen LogP contribution is -2.16. The molecule has 2 aromatic rings. The number of sulfonamides is 1. The van der Waals surface area contributed by atoms with E-state index >= 15 is 0 Å². The number of amides is 1. The third-order valence-electron chi connectivity index (χ3n) is 3.69. The third kappa shape index (κ3) is 4.86. The van der Waals surface area contributed by atoms with E-state index in [1.54, 1.807) is 49.4 Å². The van der Waals surface area contributed by atoms with Gasteiger partial charge in [-0.05, 0) is 43.2 Å². The summed E-state index contributed by atoms with van der Waals surface area (Å²) in [5.41, 5.74) is 1.33. The molecule has 0 spiro atoms. The summed E-state index contributed by atoms with van der Waals surface area (Å²) < 4.78 is 33.3. The standard InChI is InChI=1S/C19H22N2O4S/c1-4-5-10-19(22)20-15-12-11-14(2)18(13-15)26(23,24)21-16-8-6-7-9-17(16)25-3/h4,6-9,11-13,21H,1,5,10H2,2-3H3,(H,20,22). The number of para-hydroxylation sites is 2. The molecule has 0 aromatic heterocycles. The van der Waals surface area contributed by atoms with Crippen molar-refractivity contribution in [1.82, 2.24) is 0 Å². The van der Waals surface area contributed by atoms with Gasteiger partial charge >= 0.3 is 0 Å². The van der Waals surface area contributed by atoms with Crippen LogP contribution in [0.2, 0.25) is 0 Å². The zero-order chi connectivity index (χ0) is 19.2. The highest BCUT2D eigenvalue weighted by Crippen LogP contribution is 2.28. The van der Waals surface area contributed by atoms with E-state index in [9.17, 15) is 13.2 Å².